The largest absolute Gasteiger partial charge is 0.293 e. The third-order valence-electron chi connectivity index (χ3n) is 1.68. The van der Waals surface area contributed by atoms with E-state index in [2.05, 4.69) is 11.8 Å². The highest BCUT2D eigenvalue weighted by molar-refractivity contribution is 6.02. The van der Waals surface area contributed by atoms with Crippen LogP contribution in [-0.2, 0) is 4.79 Å². The Balaban J connectivity index is 2.96. The summed E-state index contributed by atoms with van der Waals surface area (Å²) in [4.78, 5) is 11.0. The maximum Gasteiger partial charge on any atom is 0.171 e. The molecule has 0 saturated carbocycles. The van der Waals surface area contributed by atoms with Crippen molar-refractivity contribution >= 4 is 5.78 Å². The van der Waals surface area contributed by atoms with Crippen molar-refractivity contribution in [3.63, 3.8) is 0 Å². The van der Waals surface area contributed by atoms with E-state index in [-0.39, 0.29) is 5.78 Å². The molecule has 0 N–H and O–H groups in total. The maximum absolute atomic E-state index is 11.0. The quantitative estimate of drug-likeness (QED) is 0.461. The van der Waals surface area contributed by atoms with E-state index in [0.717, 1.165) is 17.6 Å². The summed E-state index contributed by atoms with van der Waals surface area (Å²) >= 11 is 0. The van der Waals surface area contributed by atoms with Crippen molar-refractivity contribution in [1.82, 2.24) is 0 Å². The average Bonchev–Trinajstić information content (AvgIpc) is 2.20. The normalized spacial score (nSPS) is 17.2. The summed E-state index contributed by atoms with van der Waals surface area (Å²) in [6.07, 6.45) is 1.57. The average molecular weight is 134 g/mol. The minimum absolute atomic E-state index is 0.215. The summed E-state index contributed by atoms with van der Waals surface area (Å²) in [6.45, 7) is 3.73. The van der Waals surface area contributed by atoms with Crippen LogP contribution in [0, 0.1) is 11.8 Å². The highest BCUT2D eigenvalue weighted by Gasteiger charge is 2.17. The van der Waals surface area contributed by atoms with Gasteiger partial charge in [-0.15, -0.1) is 5.92 Å². The summed E-state index contributed by atoms with van der Waals surface area (Å²) < 4.78 is 0. The molecule has 0 spiro atoms. The van der Waals surface area contributed by atoms with Crippen molar-refractivity contribution < 1.29 is 4.79 Å². The standard InChI is InChI=1S/C9H10O/c1-3-4-8-7(2)5-6-9(8)10/h5-6H2,1-2H3. The Hall–Kier alpha value is -1.03. The first-order chi connectivity index (χ1) is 4.75. The van der Waals surface area contributed by atoms with Gasteiger partial charge in [0.2, 0.25) is 0 Å². The number of hydrogen-bond donors (Lipinski definition) is 0. The molecule has 0 aliphatic heterocycles. The lowest BCUT2D eigenvalue weighted by molar-refractivity contribution is -0.114. The molecular weight excluding hydrogens is 124 g/mol. The first-order valence-corrected chi connectivity index (χ1v) is 3.41. The minimum atomic E-state index is 0.215. The van der Waals surface area contributed by atoms with Gasteiger partial charge in [-0.25, -0.2) is 0 Å². The lowest BCUT2D eigenvalue weighted by Crippen LogP contribution is -1.92. The molecule has 1 rings (SSSR count). The smallest absolute Gasteiger partial charge is 0.171 e. The first kappa shape index (κ1) is 7.08. The highest BCUT2D eigenvalue weighted by atomic mass is 16.1. The van der Waals surface area contributed by atoms with E-state index in [1.165, 1.54) is 0 Å². The van der Waals surface area contributed by atoms with E-state index in [1.807, 2.05) is 6.92 Å². The number of carbonyl (C=O) groups excluding carboxylic acids is 1. The number of hydrogen-bond acceptors (Lipinski definition) is 1. The summed E-state index contributed by atoms with van der Waals surface area (Å²) in [5, 5.41) is 0. The zero-order valence-electron chi connectivity index (χ0n) is 6.32. The second kappa shape index (κ2) is 2.70. The Morgan fingerprint density at radius 3 is 2.50 bits per heavy atom. The molecule has 52 valence electrons. The molecule has 0 saturated heterocycles. The molecule has 0 atom stereocenters. The van der Waals surface area contributed by atoms with E-state index in [1.54, 1.807) is 6.92 Å². The molecule has 0 aromatic carbocycles. The van der Waals surface area contributed by atoms with Crippen LogP contribution in [0.3, 0.4) is 0 Å². The van der Waals surface area contributed by atoms with Gasteiger partial charge in [0.25, 0.3) is 0 Å². The summed E-state index contributed by atoms with van der Waals surface area (Å²) in [5.41, 5.74) is 1.90. The zero-order chi connectivity index (χ0) is 7.56. The molecular formula is C9H10O. The molecule has 1 nitrogen and oxygen atoms in total. The Labute approximate surface area is 61.1 Å². The second-order valence-electron chi connectivity index (χ2n) is 2.45. The highest BCUT2D eigenvalue weighted by Crippen LogP contribution is 2.20. The van der Waals surface area contributed by atoms with Gasteiger partial charge in [-0.3, -0.25) is 4.79 Å². The van der Waals surface area contributed by atoms with Crippen molar-refractivity contribution in [1.29, 1.82) is 0 Å². The van der Waals surface area contributed by atoms with Crippen molar-refractivity contribution in [2.75, 3.05) is 0 Å². The van der Waals surface area contributed by atoms with Crippen molar-refractivity contribution in [2.45, 2.75) is 26.7 Å². The van der Waals surface area contributed by atoms with E-state index >= 15 is 0 Å². The summed E-state index contributed by atoms with van der Waals surface area (Å²) in [7, 11) is 0. The predicted octanol–water partition coefficient (Wildman–Crippen LogP) is 1.69. The van der Waals surface area contributed by atoms with Crippen LogP contribution in [0.15, 0.2) is 11.1 Å². The number of rotatable bonds is 0. The Morgan fingerprint density at radius 1 is 1.40 bits per heavy atom. The SMILES string of the molecule is CC#CC1=C(C)CCC1=O. The third kappa shape index (κ3) is 1.11. The zero-order valence-corrected chi connectivity index (χ0v) is 6.32. The molecule has 0 bridgehead atoms. The van der Waals surface area contributed by atoms with Gasteiger partial charge in [-0.1, -0.05) is 11.5 Å². The first-order valence-electron chi connectivity index (χ1n) is 3.41. The number of allylic oxidation sites excluding steroid dienone is 2. The molecule has 0 aromatic heterocycles. The lowest BCUT2D eigenvalue weighted by Gasteiger charge is -1.87. The Bertz CT molecular complexity index is 248. The Kier molecular flexibility index (Phi) is 1.91. The maximum atomic E-state index is 11.0. The predicted molar refractivity (Wildman–Crippen MR) is 40.4 cm³/mol. The van der Waals surface area contributed by atoms with Crippen LogP contribution in [-0.4, -0.2) is 5.78 Å². The molecule has 1 aliphatic rings. The van der Waals surface area contributed by atoms with Crippen LogP contribution < -0.4 is 0 Å². The topological polar surface area (TPSA) is 17.1 Å². The van der Waals surface area contributed by atoms with Gasteiger partial charge in [0, 0.05) is 6.42 Å². The van der Waals surface area contributed by atoms with Gasteiger partial charge < -0.3 is 0 Å². The minimum Gasteiger partial charge on any atom is -0.293 e. The molecule has 0 heterocycles. The van der Waals surface area contributed by atoms with Crippen molar-refractivity contribution in [3.05, 3.63) is 11.1 Å². The molecule has 0 amide bonds. The molecule has 0 fully saturated rings. The number of Topliss-reactive ketones (excluding diaryl/α,β-unsaturated/α-hetero) is 1. The molecule has 0 unspecified atom stereocenters. The molecule has 0 radical (unpaired) electrons. The lowest BCUT2D eigenvalue weighted by atomic mass is 10.2. The fourth-order valence-corrected chi connectivity index (χ4v) is 1.09. The number of ketones is 1. The molecule has 0 aromatic rings. The van der Waals surface area contributed by atoms with Gasteiger partial charge in [-0.05, 0) is 20.3 Å². The number of carbonyl (C=O) groups is 1. The van der Waals surface area contributed by atoms with E-state index in [4.69, 9.17) is 0 Å². The van der Waals surface area contributed by atoms with Crippen LogP contribution in [0.25, 0.3) is 0 Å². The summed E-state index contributed by atoms with van der Waals surface area (Å²) in [6, 6.07) is 0. The van der Waals surface area contributed by atoms with Crippen LogP contribution in [0.2, 0.25) is 0 Å². The molecule has 1 aliphatic carbocycles. The van der Waals surface area contributed by atoms with Crippen LogP contribution in [0.4, 0.5) is 0 Å². The van der Waals surface area contributed by atoms with E-state index in [0.29, 0.717) is 6.42 Å². The summed E-state index contributed by atoms with van der Waals surface area (Å²) in [5.74, 6) is 5.78. The second-order valence-corrected chi connectivity index (χ2v) is 2.45. The van der Waals surface area contributed by atoms with Gasteiger partial charge in [0.05, 0.1) is 5.57 Å². The van der Waals surface area contributed by atoms with Crippen LogP contribution >= 0.6 is 0 Å². The fraction of sp³-hybridized carbons (Fsp3) is 0.444. The monoisotopic (exact) mass is 134 g/mol. The molecule has 1 heteroatoms. The fourth-order valence-electron chi connectivity index (χ4n) is 1.09. The third-order valence-corrected chi connectivity index (χ3v) is 1.68. The van der Waals surface area contributed by atoms with Crippen LogP contribution in [0.1, 0.15) is 26.7 Å². The van der Waals surface area contributed by atoms with Gasteiger partial charge in [0.15, 0.2) is 5.78 Å². The van der Waals surface area contributed by atoms with E-state index < -0.39 is 0 Å². The Morgan fingerprint density at radius 2 is 2.10 bits per heavy atom. The van der Waals surface area contributed by atoms with Gasteiger partial charge in [-0.2, -0.15) is 0 Å². The van der Waals surface area contributed by atoms with Crippen molar-refractivity contribution in [2.24, 2.45) is 0 Å². The van der Waals surface area contributed by atoms with Gasteiger partial charge in [0.1, 0.15) is 0 Å². The molecule has 10 heavy (non-hydrogen) atoms. The van der Waals surface area contributed by atoms with Crippen LogP contribution in [0.5, 0.6) is 0 Å². The van der Waals surface area contributed by atoms with E-state index in [9.17, 15) is 4.79 Å². The van der Waals surface area contributed by atoms with Gasteiger partial charge >= 0.3 is 0 Å². The van der Waals surface area contributed by atoms with Crippen molar-refractivity contribution in [3.8, 4) is 11.8 Å².